The topological polar surface area (TPSA) is 126 Å². The minimum absolute atomic E-state index is 0.00146. The Kier molecular flexibility index (Phi) is 7.00. The number of fused-ring (bicyclic) bond motifs is 2. The van der Waals surface area contributed by atoms with E-state index in [1.165, 1.54) is 19.8 Å². The lowest BCUT2D eigenvalue weighted by atomic mass is 9.98. The summed E-state index contributed by atoms with van der Waals surface area (Å²) in [5.41, 5.74) is 3.46. The zero-order valence-corrected chi connectivity index (χ0v) is 25.3. The summed E-state index contributed by atoms with van der Waals surface area (Å²) in [6, 6.07) is 8.83. The molecule has 1 aliphatic carbocycles. The van der Waals surface area contributed by atoms with Crippen LogP contribution in [0, 0.1) is 19.3 Å². The van der Waals surface area contributed by atoms with Crippen molar-refractivity contribution in [2.24, 2.45) is 5.41 Å². The number of pyridine rings is 1. The van der Waals surface area contributed by atoms with Gasteiger partial charge < -0.3 is 15.1 Å². The molecule has 3 atom stereocenters. The molecule has 7 rings (SSSR count). The Morgan fingerprint density at radius 1 is 1.00 bits per heavy atom. The van der Waals surface area contributed by atoms with Gasteiger partial charge in [0.05, 0.1) is 5.52 Å². The molecule has 4 aromatic rings. The Morgan fingerprint density at radius 2 is 1.77 bits per heavy atom. The van der Waals surface area contributed by atoms with Crippen molar-refractivity contribution in [3.63, 3.8) is 0 Å². The molecule has 1 N–H and O–H groups in total. The minimum Gasteiger partial charge on any atom is -0.325 e. The van der Waals surface area contributed by atoms with Gasteiger partial charge in [0, 0.05) is 54.5 Å². The molecule has 5 heterocycles. The molecule has 44 heavy (non-hydrogen) atoms. The number of hydrogen-bond acceptors (Lipinski definition) is 8. The highest BCUT2D eigenvalue weighted by Gasteiger charge is 2.67. The van der Waals surface area contributed by atoms with Crippen LogP contribution in [0.1, 0.15) is 54.5 Å². The summed E-state index contributed by atoms with van der Waals surface area (Å²) in [6.07, 6.45) is 9.05. The van der Waals surface area contributed by atoms with Crippen LogP contribution < -0.4 is 5.32 Å². The van der Waals surface area contributed by atoms with Gasteiger partial charge in [-0.1, -0.05) is 12.1 Å². The molecule has 3 aromatic heterocycles. The van der Waals surface area contributed by atoms with Gasteiger partial charge in [-0.15, -0.1) is 0 Å². The number of carbonyl (C=O) groups excluding carboxylic acids is 3. The largest absolute Gasteiger partial charge is 0.325 e. The standard InChI is InChI=1S/C33H36N8O3/c1-20-7-6-10-34-31(20)37-32(44)27-14-33(19-39-11-4-5-12-39)15-28(33)41(27)29(43)18-40-26-9-8-23(24-16-35-22(3)36-17-24)13-25(26)30(38-40)21(2)42/h6-10,13,16-17,27-28H,4-5,11-12,14-15,18-19H2,1-3H3,(H,34,37,44)/t27-,28?,33?/m0/s1. The third kappa shape index (κ3) is 5.04. The van der Waals surface area contributed by atoms with Gasteiger partial charge in [-0.25, -0.2) is 15.0 Å². The fraction of sp³-hybridized carbons (Fsp3) is 0.424. The number of piperidine rings is 1. The third-order valence-electron chi connectivity index (χ3n) is 9.48. The number of carbonyl (C=O) groups is 3. The summed E-state index contributed by atoms with van der Waals surface area (Å²) in [4.78, 5) is 57.8. The van der Waals surface area contributed by atoms with E-state index in [1.807, 2.05) is 44.2 Å². The summed E-state index contributed by atoms with van der Waals surface area (Å²) in [7, 11) is 0. The molecule has 11 nitrogen and oxygen atoms in total. The number of benzene rings is 1. The van der Waals surface area contributed by atoms with Gasteiger partial charge in [-0.3, -0.25) is 19.1 Å². The van der Waals surface area contributed by atoms with E-state index in [1.54, 1.807) is 28.2 Å². The van der Waals surface area contributed by atoms with Gasteiger partial charge in [-0.2, -0.15) is 5.10 Å². The van der Waals surface area contributed by atoms with Crippen molar-refractivity contribution >= 4 is 34.3 Å². The van der Waals surface area contributed by atoms with Crippen LogP contribution in [0.5, 0.6) is 0 Å². The second-order valence-electron chi connectivity index (χ2n) is 12.6. The fourth-order valence-electron chi connectivity index (χ4n) is 7.13. The predicted octanol–water partition coefficient (Wildman–Crippen LogP) is 3.80. The average molecular weight is 593 g/mol. The van der Waals surface area contributed by atoms with Gasteiger partial charge in [0.1, 0.15) is 29.9 Å². The minimum atomic E-state index is -0.604. The summed E-state index contributed by atoms with van der Waals surface area (Å²) in [5.74, 6) is 0.610. The first-order valence-corrected chi connectivity index (χ1v) is 15.3. The zero-order valence-electron chi connectivity index (χ0n) is 25.3. The molecule has 0 spiro atoms. The second kappa shape index (κ2) is 10.9. The van der Waals surface area contributed by atoms with Crippen molar-refractivity contribution < 1.29 is 14.4 Å². The maximum atomic E-state index is 14.2. The molecule has 3 fully saturated rings. The Balaban J connectivity index is 1.19. The molecule has 2 saturated heterocycles. The van der Waals surface area contributed by atoms with Crippen molar-refractivity contribution in [3.05, 3.63) is 66.0 Å². The van der Waals surface area contributed by atoms with E-state index in [4.69, 9.17) is 0 Å². The van der Waals surface area contributed by atoms with Gasteiger partial charge in [0.15, 0.2) is 5.78 Å². The highest BCUT2D eigenvalue weighted by molar-refractivity contribution is 6.06. The van der Waals surface area contributed by atoms with Gasteiger partial charge in [0.25, 0.3) is 0 Å². The maximum absolute atomic E-state index is 14.2. The van der Waals surface area contributed by atoms with Gasteiger partial charge in [0.2, 0.25) is 11.8 Å². The number of nitrogens with zero attached hydrogens (tertiary/aromatic N) is 7. The van der Waals surface area contributed by atoms with Crippen molar-refractivity contribution in [3.8, 4) is 11.1 Å². The first kappa shape index (κ1) is 28.3. The van der Waals surface area contributed by atoms with Crippen molar-refractivity contribution in [1.29, 1.82) is 0 Å². The van der Waals surface area contributed by atoms with E-state index >= 15 is 0 Å². The number of aromatic nitrogens is 5. The molecule has 0 bridgehead atoms. The van der Waals surface area contributed by atoms with E-state index in [0.717, 1.165) is 42.7 Å². The maximum Gasteiger partial charge on any atom is 0.248 e. The predicted molar refractivity (Wildman–Crippen MR) is 165 cm³/mol. The SMILES string of the molecule is CC(=O)c1nn(CC(=O)N2C3CC3(CN3CCCC3)C[C@H]2C(=O)Nc2ncccc2C)c2ccc(-c3cnc(C)nc3)cc12. The molecule has 226 valence electrons. The second-order valence-corrected chi connectivity index (χ2v) is 12.6. The van der Waals surface area contributed by atoms with E-state index in [9.17, 15) is 14.4 Å². The lowest BCUT2D eigenvalue weighted by Crippen LogP contribution is -2.47. The molecule has 11 heteroatoms. The Bertz CT molecular complexity index is 1780. The molecular weight excluding hydrogens is 556 g/mol. The lowest BCUT2D eigenvalue weighted by molar-refractivity contribution is -0.138. The van der Waals surface area contributed by atoms with Crippen molar-refractivity contribution in [1.82, 2.24) is 34.5 Å². The number of ketones is 1. The number of nitrogens with one attached hydrogen (secondary N) is 1. The molecular formula is C33H36N8O3. The molecule has 1 aromatic carbocycles. The molecule has 1 saturated carbocycles. The zero-order chi connectivity index (χ0) is 30.6. The first-order chi connectivity index (χ1) is 21.2. The molecule has 2 amide bonds. The number of Topliss-reactive ketones (excluding diaryl/α,β-unsaturated/α-hetero) is 1. The van der Waals surface area contributed by atoms with Gasteiger partial charge in [-0.05, 0) is 81.9 Å². The summed E-state index contributed by atoms with van der Waals surface area (Å²) < 4.78 is 1.60. The van der Waals surface area contributed by atoms with Crippen LogP contribution in [-0.2, 0) is 16.1 Å². The number of aryl methyl sites for hydroxylation is 2. The van der Waals surface area contributed by atoms with Crippen LogP contribution in [0.15, 0.2) is 48.9 Å². The molecule has 2 unspecified atom stereocenters. The highest BCUT2D eigenvalue weighted by Crippen LogP contribution is 2.60. The quantitative estimate of drug-likeness (QED) is 0.306. The van der Waals surface area contributed by atoms with E-state index in [0.29, 0.717) is 34.7 Å². The summed E-state index contributed by atoms with van der Waals surface area (Å²) >= 11 is 0. The average Bonchev–Trinajstić information content (AvgIpc) is 3.33. The molecule has 2 aliphatic heterocycles. The number of likely N-dealkylation sites (tertiary alicyclic amines) is 2. The van der Waals surface area contributed by atoms with Gasteiger partial charge >= 0.3 is 0 Å². The molecule has 3 aliphatic rings. The summed E-state index contributed by atoms with van der Waals surface area (Å²) in [6.45, 7) is 8.17. The summed E-state index contributed by atoms with van der Waals surface area (Å²) in [5, 5.41) is 8.27. The van der Waals surface area contributed by atoms with Crippen LogP contribution in [0.25, 0.3) is 22.0 Å². The lowest BCUT2D eigenvalue weighted by Gasteiger charge is -2.27. The smallest absolute Gasteiger partial charge is 0.248 e. The van der Waals surface area contributed by atoms with Crippen molar-refractivity contribution in [2.45, 2.75) is 65.1 Å². The number of hydrogen-bond donors (Lipinski definition) is 1. The molecule has 0 radical (unpaired) electrons. The first-order valence-electron chi connectivity index (χ1n) is 15.3. The van der Waals surface area contributed by atoms with Crippen LogP contribution in [0.4, 0.5) is 5.82 Å². The Morgan fingerprint density at radius 3 is 2.50 bits per heavy atom. The van der Waals surface area contributed by atoms with Crippen LogP contribution in [0.3, 0.4) is 0 Å². The van der Waals surface area contributed by atoms with E-state index < -0.39 is 6.04 Å². The number of amides is 2. The van der Waals surface area contributed by atoms with Crippen LogP contribution in [-0.4, -0.2) is 83.8 Å². The number of rotatable bonds is 8. The highest BCUT2D eigenvalue weighted by atomic mass is 16.2. The Labute approximate surface area is 255 Å². The van der Waals surface area contributed by atoms with Crippen LogP contribution in [0.2, 0.25) is 0 Å². The van der Waals surface area contributed by atoms with E-state index in [-0.39, 0.29) is 35.6 Å². The monoisotopic (exact) mass is 592 g/mol. The van der Waals surface area contributed by atoms with Crippen LogP contribution >= 0.6 is 0 Å². The van der Waals surface area contributed by atoms with E-state index in [2.05, 4.69) is 30.3 Å². The van der Waals surface area contributed by atoms with Crippen molar-refractivity contribution in [2.75, 3.05) is 25.0 Å². The number of anilines is 1. The Hall–Kier alpha value is -4.51. The normalized spacial score (nSPS) is 22.8. The fourth-order valence-corrected chi connectivity index (χ4v) is 7.13. The third-order valence-corrected chi connectivity index (χ3v) is 9.48.